The number of methoxy groups -OCH3 is 1. The Labute approximate surface area is 138 Å². The molecule has 0 spiro atoms. The van der Waals surface area contributed by atoms with Gasteiger partial charge in [-0.25, -0.2) is 13.6 Å². The highest BCUT2D eigenvalue weighted by Gasteiger charge is 2.18. The van der Waals surface area contributed by atoms with E-state index in [-0.39, 0.29) is 10.6 Å². The fourth-order valence-corrected chi connectivity index (χ4v) is 2.41. The van der Waals surface area contributed by atoms with Crippen LogP contribution >= 0.6 is 0 Å². The molecular weight excluding hydrogens is 336 g/mol. The molecule has 10 heteroatoms. The Balaban J connectivity index is 2.29. The zero-order valence-electron chi connectivity index (χ0n) is 12.5. The maximum Gasteiger partial charge on any atom is 0.295 e. The van der Waals surface area contributed by atoms with Crippen molar-refractivity contribution in [2.24, 2.45) is 10.2 Å². The molecule has 0 amide bonds. The summed E-state index contributed by atoms with van der Waals surface area (Å²) in [5, 5.41) is 20.0. The average Bonchev–Trinajstić information content (AvgIpc) is 2.54. The van der Waals surface area contributed by atoms with Gasteiger partial charge >= 0.3 is 0 Å². The number of para-hydroxylation sites is 1. The van der Waals surface area contributed by atoms with Crippen LogP contribution in [-0.4, -0.2) is 26.7 Å². The van der Waals surface area contributed by atoms with Crippen molar-refractivity contribution in [3.8, 4) is 5.75 Å². The van der Waals surface area contributed by atoms with E-state index in [1.807, 2.05) is 0 Å². The van der Waals surface area contributed by atoms with Gasteiger partial charge in [-0.2, -0.15) is 5.10 Å². The number of hydrogen-bond acceptors (Lipinski definition) is 7. The molecule has 0 heterocycles. The Bertz CT molecular complexity index is 896. The molecule has 0 saturated carbocycles. The molecule has 0 atom stereocenters. The maximum atomic E-state index is 11.3. The minimum Gasteiger partial charge on any atom is -0.496 e. The molecule has 2 aromatic carbocycles. The van der Waals surface area contributed by atoms with Crippen molar-refractivity contribution in [2.75, 3.05) is 12.5 Å². The first-order chi connectivity index (χ1) is 11.3. The summed E-state index contributed by atoms with van der Waals surface area (Å²) in [7, 11) is -2.52. The zero-order valence-corrected chi connectivity index (χ0v) is 13.4. The van der Waals surface area contributed by atoms with Crippen LogP contribution in [0.2, 0.25) is 0 Å². The molecule has 0 aliphatic rings. The third-order valence-corrected chi connectivity index (χ3v) is 3.93. The van der Waals surface area contributed by atoms with Crippen LogP contribution in [0.4, 0.5) is 11.4 Å². The van der Waals surface area contributed by atoms with Gasteiger partial charge in [0.15, 0.2) is 0 Å². The number of hydrogen-bond donors (Lipinski definition) is 2. The van der Waals surface area contributed by atoms with E-state index in [0.29, 0.717) is 11.3 Å². The van der Waals surface area contributed by atoms with Crippen LogP contribution in [0.5, 0.6) is 5.75 Å². The molecule has 0 aromatic heterocycles. The summed E-state index contributed by atoms with van der Waals surface area (Å²) in [6.07, 6.45) is 1.43. The number of rotatable bonds is 6. The lowest BCUT2D eigenvalue weighted by Gasteiger charge is -2.05. The lowest BCUT2D eigenvalue weighted by molar-refractivity contribution is -0.384. The second kappa shape index (κ2) is 7.06. The summed E-state index contributed by atoms with van der Waals surface area (Å²) < 4.78 is 27.7. The molecule has 126 valence electrons. The molecule has 24 heavy (non-hydrogen) atoms. The van der Waals surface area contributed by atoms with E-state index in [0.717, 1.165) is 12.1 Å². The van der Waals surface area contributed by atoms with Gasteiger partial charge in [0.25, 0.3) is 5.69 Å². The van der Waals surface area contributed by atoms with Crippen LogP contribution in [0.3, 0.4) is 0 Å². The average molecular weight is 350 g/mol. The maximum absolute atomic E-state index is 11.3. The van der Waals surface area contributed by atoms with E-state index < -0.39 is 20.6 Å². The van der Waals surface area contributed by atoms with Crippen molar-refractivity contribution < 1.29 is 18.1 Å². The normalized spacial score (nSPS) is 11.4. The number of anilines is 1. The molecule has 0 bridgehead atoms. The predicted octanol–water partition coefficient (Wildman–Crippen LogP) is 1.70. The first-order valence-corrected chi connectivity index (χ1v) is 8.11. The standard InChI is InChI=1S/C14H14N4O5S/c1-23-14-5-3-2-4-10(14)9-16-17-12-7-6-11(24(15,21)22)8-13(12)18(19)20/h2-9,17H,1H3,(H2,15,21,22)/b16-9-. The van der Waals surface area contributed by atoms with Gasteiger partial charge in [-0.15, -0.1) is 0 Å². The molecule has 2 rings (SSSR count). The van der Waals surface area contributed by atoms with E-state index >= 15 is 0 Å². The second-order valence-electron chi connectivity index (χ2n) is 4.59. The number of nitrogens with one attached hydrogen (secondary N) is 1. The van der Waals surface area contributed by atoms with Gasteiger partial charge < -0.3 is 4.74 Å². The molecule has 0 saturated heterocycles. The lowest BCUT2D eigenvalue weighted by Crippen LogP contribution is -2.12. The van der Waals surface area contributed by atoms with Crippen molar-refractivity contribution in [2.45, 2.75) is 4.90 Å². The number of primary sulfonamides is 1. The summed E-state index contributed by atoms with van der Waals surface area (Å²) in [5.41, 5.74) is 2.74. The fraction of sp³-hybridized carbons (Fsp3) is 0.0714. The molecule has 0 aliphatic heterocycles. The number of hydrazone groups is 1. The molecular formula is C14H14N4O5S. The second-order valence-corrected chi connectivity index (χ2v) is 6.15. The number of nitro benzene ring substituents is 1. The highest BCUT2D eigenvalue weighted by atomic mass is 32.2. The number of benzene rings is 2. The summed E-state index contributed by atoms with van der Waals surface area (Å²) in [4.78, 5) is 10.0. The largest absolute Gasteiger partial charge is 0.496 e. The Hall–Kier alpha value is -2.98. The Kier molecular flexibility index (Phi) is 5.11. The van der Waals surface area contributed by atoms with Crippen LogP contribution in [0, 0.1) is 10.1 Å². The van der Waals surface area contributed by atoms with Crippen molar-refractivity contribution in [1.82, 2.24) is 0 Å². The van der Waals surface area contributed by atoms with Gasteiger partial charge in [0, 0.05) is 11.6 Å². The number of nitrogens with two attached hydrogens (primary N) is 1. The molecule has 2 aromatic rings. The Morgan fingerprint density at radius 2 is 2.00 bits per heavy atom. The number of ether oxygens (including phenoxy) is 1. The first kappa shape index (κ1) is 17.4. The predicted molar refractivity (Wildman–Crippen MR) is 88.7 cm³/mol. The minimum atomic E-state index is -4.04. The summed E-state index contributed by atoms with van der Waals surface area (Å²) in [6, 6.07) is 10.3. The van der Waals surface area contributed by atoms with E-state index in [2.05, 4.69) is 10.5 Å². The van der Waals surface area contributed by atoms with Crippen molar-refractivity contribution in [1.29, 1.82) is 0 Å². The smallest absolute Gasteiger partial charge is 0.295 e. The zero-order chi connectivity index (χ0) is 17.7. The van der Waals surface area contributed by atoms with Crippen LogP contribution in [0.1, 0.15) is 5.56 Å². The van der Waals surface area contributed by atoms with Crippen LogP contribution in [0.15, 0.2) is 52.5 Å². The lowest BCUT2D eigenvalue weighted by atomic mass is 10.2. The van der Waals surface area contributed by atoms with Crippen molar-refractivity contribution >= 4 is 27.6 Å². The van der Waals surface area contributed by atoms with Gasteiger partial charge in [-0.05, 0) is 24.3 Å². The van der Waals surface area contributed by atoms with E-state index in [9.17, 15) is 18.5 Å². The summed E-state index contributed by atoms with van der Waals surface area (Å²) >= 11 is 0. The van der Waals surface area contributed by atoms with Crippen molar-refractivity contribution in [3.05, 3.63) is 58.1 Å². The summed E-state index contributed by atoms with van der Waals surface area (Å²) in [5.74, 6) is 0.585. The van der Waals surface area contributed by atoms with Gasteiger partial charge in [0.05, 0.1) is 23.1 Å². The van der Waals surface area contributed by atoms with E-state index in [1.165, 1.54) is 19.4 Å². The van der Waals surface area contributed by atoms with Gasteiger partial charge in [-0.3, -0.25) is 15.5 Å². The number of sulfonamides is 1. The Morgan fingerprint density at radius 1 is 1.29 bits per heavy atom. The molecule has 0 unspecified atom stereocenters. The number of nitro groups is 1. The van der Waals surface area contributed by atoms with E-state index in [4.69, 9.17) is 9.88 Å². The van der Waals surface area contributed by atoms with Crippen molar-refractivity contribution in [3.63, 3.8) is 0 Å². The molecule has 9 nitrogen and oxygen atoms in total. The molecule has 0 radical (unpaired) electrons. The fourth-order valence-electron chi connectivity index (χ4n) is 1.88. The third kappa shape index (κ3) is 4.06. The minimum absolute atomic E-state index is 0.0264. The highest BCUT2D eigenvalue weighted by molar-refractivity contribution is 7.89. The summed E-state index contributed by atoms with van der Waals surface area (Å²) in [6.45, 7) is 0. The van der Waals surface area contributed by atoms with Crippen LogP contribution in [0.25, 0.3) is 0 Å². The monoisotopic (exact) mass is 350 g/mol. The van der Waals surface area contributed by atoms with E-state index in [1.54, 1.807) is 24.3 Å². The Morgan fingerprint density at radius 3 is 2.62 bits per heavy atom. The first-order valence-electron chi connectivity index (χ1n) is 6.56. The SMILES string of the molecule is COc1ccccc1/C=N\Nc1ccc(S(N)(=O)=O)cc1[N+](=O)[O-]. The van der Waals surface area contributed by atoms with Crippen LogP contribution < -0.4 is 15.3 Å². The topological polar surface area (TPSA) is 137 Å². The number of nitrogens with zero attached hydrogens (tertiary/aromatic N) is 2. The van der Waals surface area contributed by atoms with Crippen LogP contribution in [-0.2, 0) is 10.0 Å². The third-order valence-electron chi connectivity index (χ3n) is 3.02. The van der Waals surface area contributed by atoms with Gasteiger partial charge in [-0.1, -0.05) is 12.1 Å². The highest BCUT2D eigenvalue weighted by Crippen LogP contribution is 2.27. The molecule has 3 N–H and O–H groups in total. The van der Waals surface area contributed by atoms with Gasteiger partial charge in [0.2, 0.25) is 10.0 Å². The molecule has 0 fully saturated rings. The quantitative estimate of drug-likeness (QED) is 0.462. The van der Waals surface area contributed by atoms with Gasteiger partial charge in [0.1, 0.15) is 11.4 Å². The molecule has 0 aliphatic carbocycles.